The van der Waals surface area contributed by atoms with Gasteiger partial charge in [0.05, 0.1) is 6.54 Å². The SMILES string of the molecule is CC(C)N1CCC(N(C)CC(=O)/C=C2/N(C)c3ccccc3C2(C)C)CC1. The number of likely N-dealkylation sites (N-methyl/N-ethyl adjacent to an activating group) is 2. The van der Waals surface area contributed by atoms with Gasteiger partial charge in [-0.05, 0) is 58.5 Å². The maximum atomic E-state index is 12.9. The Balaban J connectivity index is 1.65. The fourth-order valence-corrected chi connectivity index (χ4v) is 4.67. The number of carbonyl (C=O) groups is 1. The molecule has 0 spiro atoms. The van der Waals surface area contributed by atoms with Gasteiger partial charge in [-0.15, -0.1) is 0 Å². The number of anilines is 1. The number of benzene rings is 1. The van der Waals surface area contributed by atoms with Crippen molar-refractivity contribution in [2.75, 3.05) is 38.6 Å². The maximum absolute atomic E-state index is 12.9. The molecule has 1 aromatic rings. The molecule has 2 aliphatic heterocycles. The molecule has 148 valence electrons. The predicted octanol–water partition coefficient (Wildman–Crippen LogP) is 3.67. The normalized spacial score (nSPS) is 22.1. The number of carbonyl (C=O) groups excluding carboxylic acids is 1. The molecule has 0 amide bonds. The number of hydrogen-bond acceptors (Lipinski definition) is 4. The summed E-state index contributed by atoms with van der Waals surface area (Å²) in [6.45, 7) is 11.7. The molecule has 4 nitrogen and oxygen atoms in total. The van der Waals surface area contributed by atoms with Gasteiger partial charge in [0.25, 0.3) is 0 Å². The van der Waals surface area contributed by atoms with Gasteiger partial charge in [-0.3, -0.25) is 9.69 Å². The second kappa shape index (κ2) is 7.76. The van der Waals surface area contributed by atoms with E-state index in [4.69, 9.17) is 0 Å². The highest BCUT2D eigenvalue weighted by atomic mass is 16.1. The molecule has 0 saturated carbocycles. The number of para-hydroxylation sites is 1. The van der Waals surface area contributed by atoms with Gasteiger partial charge in [0.1, 0.15) is 0 Å². The molecule has 4 heteroatoms. The van der Waals surface area contributed by atoms with E-state index in [1.54, 1.807) is 0 Å². The highest BCUT2D eigenvalue weighted by Crippen LogP contribution is 2.46. The van der Waals surface area contributed by atoms with Gasteiger partial charge in [0, 0.05) is 42.0 Å². The minimum Gasteiger partial charge on any atom is -0.347 e. The van der Waals surface area contributed by atoms with Crippen molar-refractivity contribution in [3.05, 3.63) is 41.6 Å². The Labute approximate surface area is 164 Å². The lowest BCUT2D eigenvalue weighted by molar-refractivity contribution is -0.116. The zero-order chi connectivity index (χ0) is 19.8. The van der Waals surface area contributed by atoms with Gasteiger partial charge in [0.2, 0.25) is 0 Å². The van der Waals surface area contributed by atoms with Crippen LogP contribution in [0.3, 0.4) is 0 Å². The molecule has 27 heavy (non-hydrogen) atoms. The summed E-state index contributed by atoms with van der Waals surface area (Å²) in [6.07, 6.45) is 4.17. The number of rotatable bonds is 5. The molecule has 0 radical (unpaired) electrons. The predicted molar refractivity (Wildman–Crippen MR) is 113 cm³/mol. The van der Waals surface area contributed by atoms with E-state index in [0.29, 0.717) is 18.6 Å². The first-order chi connectivity index (χ1) is 12.7. The topological polar surface area (TPSA) is 26.8 Å². The van der Waals surface area contributed by atoms with E-state index in [2.05, 4.69) is 80.8 Å². The molecule has 2 aliphatic rings. The van der Waals surface area contributed by atoms with Crippen LogP contribution in [0.5, 0.6) is 0 Å². The Hall–Kier alpha value is -1.65. The van der Waals surface area contributed by atoms with Gasteiger partial charge < -0.3 is 9.80 Å². The van der Waals surface area contributed by atoms with Crippen LogP contribution in [0.25, 0.3) is 0 Å². The van der Waals surface area contributed by atoms with Crippen molar-refractivity contribution in [2.45, 2.75) is 58.0 Å². The largest absolute Gasteiger partial charge is 0.347 e. The first-order valence-corrected chi connectivity index (χ1v) is 10.2. The van der Waals surface area contributed by atoms with E-state index in [-0.39, 0.29) is 11.2 Å². The third-order valence-corrected chi connectivity index (χ3v) is 6.50. The molecular weight excluding hydrogens is 334 g/mol. The summed E-state index contributed by atoms with van der Waals surface area (Å²) in [4.78, 5) is 19.8. The Morgan fingerprint density at radius 1 is 1.26 bits per heavy atom. The highest BCUT2D eigenvalue weighted by molar-refractivity contribution is 5.94. The van der Waals surface area contributed by atoms with Crippen LogP contribution in [-0.4, -0.2) is 61.4 Å². The third kappa shape index (κ3) is 3.97. The standard InChI is InChI=1S/C23H35N3O/c1-17(2)26-13-11-18(12-14-26)24(5)16-19(27)15-22-23(3,4)20-9-7-8-10-21(20)25(22)6/h7-10,15,17-18H,11-14,16H2,1-6H3/b22-15+. The first-order valence-electron chi connectivity index (χ1n) is 10.2. The first kappa shape index (κ1) is 20.1. The molecule has 0 N–H and O–H groups in total. The number of ketones is 1. The van der Waals surface area contributed by atoms with Crippen LogP contribution in [0.1, 0.15) is 46.1 Å². The van der Waals surface area contributed by atoms with Crippen LogP contribution in [0.4, 0.5) is 5.69 Å². The monoisotopic (exact) mass is 369 g/mol. The summed E-state index contributed by atoms with van der Waals surface area (Å²) in [5, 5.41) is 0. The van der Waals surface area contributed by atoms with Crippen LogP contribution in [0.15, 0.2) is 36.0 Å². The van der Waals surface area contributed by atoms with Crippen molar-refractivity contribution in [1.82, 2.24) is 9.80 Å². The summed E-state index contributed by atoms with van der Waals surface area (Å²) in [5.74, 6) is 0.200. The number of nitrogens with zero attached hydrogens (tertiary/aromatic N) is 3. The molecule has 0 atom stereocenters. The Bertz CT molecular complexity index is 714. The van der Waals surface area contributed by atoms with Crippen molar-refractivity contribution < 1.29 is 4.79 Å². The average Bonchev–Trinajstić information content (AvgIpc) is 2.83. The van der Waals surface area contributed by atoms with Gasteiger partial charge in [0.15, 0.2) is 5.78 Å². The van der Waals surface area contributed by atoms with Crippen LogP contribution < -0.4 is 4.90 Å². The summed E-state index contributed by atoms with van der Waals surface area (Å²) < 4.78 is 0. The van der Waals surface area contributed by atoms with E-state index in [0.717, 1.165) is 31.6 Å². The molecule has 3 rings (SSSR count). The van der Waals surface area contributed by atoms with Crippen LogP contribution in [-0.2, 0) is 10.2 Å². The van der Waals surface area contributed by atoms with Crippen molar-refractivity contribution in [2.24, 2.45) is 0 Å². The molecule has 2 heterocycles. The lowest BCUT2D eigenvalue weighted by atomic mass is 9.83. The van der Waals surface area contributed by atoms with E-state index < -0.39 is 0 Å². The minimum absolute atomic E-state index is 0.137. The molecule has 0 bridgehead atoms. The Kier molecular flexibility index (Phi) is 5.78. The summed E-state index contributed by atoms with van der Waals surface area (Å²) in [5.41, 5.74) is 3.45. The number of likely N-dealkylation sites (tertiary alicyclic amines) is 1. The van der Waals surface area contributed by atoms with Gasteiger partial charge in [-0.25, -0.2) is 0 Å². The lowest BCUT2D eigenvalue weighted by Gasteiger charge is -2.38. The van der Waals surface area contributed by atoms with Crippen molar-refractivity contribution in [3.63, 3.8) is 0 Å². The zero-order valence-electron chi connectivity index (χ0n) is 17.8. The van der Waals surface area contributed by atoms with E-state index in [1.165, 1.54) is 11.3 Å². The van der Waals surface area contributed by atoms with Gasteiger partial charge in [-0.1, -0.05) is 32.0 Å². The number of allylic oxidation sites excluding steroid dienone is 1. The summed E-state index contributed by atoms with van der Waals surface area (Å²) in [7, 11) is 4.17. The maximum Gasteiger partial charge on any atom is 0.171 e. The van der Waals surface area contributed by atoms with Crippen LogP contribution in [0, 0.1) is 0 Å². The smallest absolute Gasteiger partial charge is 0.171 e. The van der Waals surface area contributed by atoms with Crippen molar-refractivity contribution in [3.8, 4) is 0 Å². The Morgan fingerprint density at radius 3 is 2.48 bits per heavy atom. The van der Waals surface area contributed by atoms with Crippen LogP contribution >= 0.6 is 0 Å². The number of piperidine rings is 1. The molecule has 1 fully saturated rings. The second-order valence-corrected chi connectivity index (χ2v) is 8.97. The number of hydrogen-bond donors (Lipinski definition) is 0. The van der Waals surface area contributed by atoms with E-state index >= 15 is 0 Å². The summed E-state index contributed by atoms with van der Waals surface area (Å²) in [6, 6.07) is 9.57. The van der Waals surface area contributed by atoms with Crippen molar-refractivity contribution >= 4 is 11.5 Å². The van der Waals surface area contributed by atoms with E-state index in [1.807, 2.05) is 6.08 Å². The highest BCUT2D eigenvalue weighted by Gasteiger charge is 2.38. The molecule has 0 aliphatic carbocycles. The fraction of sp³-hybridized carbons (Fsp3) is 0.609. The molecule has 0 aromatic heterocycles. The average molecular weight is 370 g/mol. The molecule has 0 unspecified atom stereocenters. The fourth-order valence-electron chi connectivity index (χ4n) is 4.67. The Morgan fingerprint density at radius 2 is 1.89 bits per heavy atom. The molecule has 1 saturated heterocycles. The molecule has 1 aromatic carbocycles. The summed E-state index contributed by atoms with van der Waals surface area (Å²) >= 11 is 0. The van der Waals surface area contributed by atoms with Gasteiger partial charge >= 0.3 is 0 Å². The van der Waals surface area contributed by atoms with Gasteiger partial charge in [-0.2, -0.15) is 0 Å². The quantitative estimate of drug-likeness (QED) is 0.740. The number of fused-ring (bicyclic) bond motifs is 1. The zero-order valence-corrected chi connectivity index (χ0v) is 17.8. The second-order valence-electron chi connectivity index (χ2n) is 8.97. The molecular formula is C23H35N3O. The van der Waals surface area contributed by atoms with E-state index in [9.17, 15) is 4.79 Å². The van der Waals surface area contributed by atoms with Crippen LogP contribution in [0.2, 0.25) is 0 Å². The third-order valence-electron chi connectivity index (χ3n) is 6.50. The van der Waals surface area contributed by atoms with Crippen molar-refractivity contribution in [1.29, 1.82) is 0 Å². The lowest BCUT2D eigenvalue weighted by Crippen LogP contribution is -2.46. The minimum atomic E-state index is -0.137.